The molecule has 3 aromatic carbocycles. The molecule has 1 aliphatic heterocycles. The zero-order valence-electron chi connectivity index (χ0n) is 20.6. The fourth-order valence-corrected chi connectivity index (χ4v) is 5.24. The third-order valence-corrected chi connectivity index (χ3v) is 7.55. The molecule has 0 saturated carbocycles. The Morgan fingerprint density at radius 3 is 2.56 bits per heavy atom. The molecule has 196 valence electrons. The van der Waals surface area contributed by atoms with Crippen LogP contribution >= 0.6 is 23.4 Å². The molecule has 11 heteroatoms. The Morgan fingerprint density at radius 2 is 1.85 bits per heavy atom. The molecular weight excluding hydrogens is 540 g/mol. The Labute approximate surface area is 232 Å². The van der Waals surface area contributed by atoms with Gasteiger partial charge in [0.25, 0.3) is 16.8 Å². The van der Waals surface area contributed by atoms with Crippen LogP contribution in [0.1, 0.15) is 16.7 Å². The van der Waals surface area contributed by atoms with Crippen molar-refractivity contribution in [2.45, 2.75) is 13.5 Å². The number of carbonyl (C=O) groups excluding carboxylic acids is 3. The number of thioether (sulfide) groups is 1. The second kappa shape index (κ2) is 10.8. The highest BCUT2D eigenvalue weighted by molar-refractivity contribution is 8.18. The van der Waals surface area contributed by atoms with E-state index in [4.69, 9.17) is 11.6 Å². The Hall–Kier alpha value is -4.41. The lowest BCUT2D eigenvalue weighted by molar-refractivity contribution is -0.384. The molecule has 1 aromatic heterocycles. The number of halogens is 1. The average molecular weight is 561 g/mol. The van der Waals surface area contributed by atoms with E-state index in [9.17, 15) is 24.5 Å². The molecule has 0 spiro atoms. The maximum Gasteiger partial charge on any atom is 0.294 e. The quantitative estimate of drug-likeness (QED) is 0.163. The van der Waals surface area contributed by atoms with E-state index in [-0.39, 0.29) is 10.6 Å². The minimum absolute atomic E-state index is 0.0175. The number of nitrogens with zero attached hydrogens (tertiary/aromatic N) is 3. The zero-order chi connectivity index (χ0) is 27.7. The summed E-state index contributed by atoms with van der Waals surface area (Å²) in [6.45, 7) is 1.88. The number of hydrogen-bond acceptors (Lipinski definition) is 6. The summed E-state index contributed by atoms with van der Waals surface area (Å²) in [4.78, 5) is 49.9. The van der Waals surface area contributed by atoms with Crippen molar-refractivity contribution in [3.8, 4) is 0 Å². The van der Waals surface area contributed by atoms with E-state index in [0.717, 1.165) is 44.3 Å². The summed E-state index contributed by atoms with van der Waals surface area (Å²) in [5.74, 6) is -1.06. The Morgan fingerprint density at radius 1 is 1.10 bits per heavy atom. The molecule has 1 fully saturated rings. The fourth-order valence-electron chi connectivity index (χ4n) is 4.23. The molecule has 1 N–H and O–H groups in total. The molecule has 4 aromatic rings. The topological polar surface area (TPSA) is 115 Å². The number of rotatable bonds is 7. The summed E-state index contributed by atoms with van der Waals surface area (Å²) < 4.78 is 1.98. The number of non-ortho nitro benzene ring substituents is 1. The maximum absolute atomic E-state index is 13.1. The number of nitro groups is 1. The van der Waals surface area contributed by atoms with Gasteiger partial charge in [-0.25, -0.2) is 0 Å². The number of nitro benzene ring substituents is 1. The van der Waals surface area contributed by atoms with Crippen molar-refractivity contribution in [1.29, 1.82) is 0 Å². The van der Waals surface area contributed by atoms with Gasteiger partial charge in [0.2, 0.25) is 5.91 Å². The van der Waals surface area contributed by atoms with Gasteiger partial charge >= 0.3 is 0 Å². The standard InChI is InChI=1S/C28H21ClN4O5S/c1-17-6-9-20(13-23(17)29)30-26(34)16-32-27(35)25(39-28(32)36)12-19-15-31(24-5-3-2-4-22(19)24)14-18-7-10-21(11-8-18)33(37)38/h2-13,15H,14,16H2,1H3,(H,30,34)/b25-12-. The lowest BCUT2D eigenvalue weighted by Gasteiger charge is -2.12. The molecule has 1 saturated heterocycles. The van der Waals surface area contributed by atoms with Crippen LogP contribution in [0.25, 0.3) is 17.0 Å². The monoisotopic (exact) mass is 560 g/mol. The van der Waals surface area contributed by atoms with Gasteiger partial charge in [-0.1, -0.05) is 48.0 Å². The fraction of sp³-hybridized carbons (Fsp3) is 0.107. The van der Waals surface area contributed by atoms with Crippen LogP contribution in [-0.4, -0.2) is 38.0 Å². The van der Waals surface area contributed by atoms with Crippen LogP contribution in [0.4, 0.5) is 16.2 Å². The van der Waals surface area contributed by atoms with Gasteiger partial charge in [-0.2, -0.15) is 0 Å². The van der Waals surface area contributed by atoms with Gasteiger partial charge in [0.1, 0.15) is 6.54 Å². The normalized spacial score (nSPS) is 14.4. The zero-order valence-corrected chi connectivity index (χ0v) is 22.2. The Balaban J connectivity index is 1.35. The highest BCUT2D eigenvalue weighted by Gasteiger charge is 2.36. The van der Waals surface area contributed by atoms with Crippen molar-refractivity contribution in [3.63, 3.8) is 0 Å². The SMILES string of the molecule is Cc1ccc(NC(=O)CN2C(=O)S/C(=C\c3cn(Cc4ccc([N+](=O)[O-])cc4)c4ccccc34)C2=O)cc1Cl. The van der Waals surface area contributed by atoms with E-state index >= 15 is 0 Å². The van der Waals surface area contributed by atoms with Crippen molar-refractivity contribution < 1.29 is 19.3 Å². The molecule has 0 aliphatic carbocycles. The summed E-state index contributed by atoms with van der Waals surface area (Å²) in [6.07, 6.45) is 3.52. The van der Waals surface area contributed by atoms with Crippen molar-refractivity contribution >= 4 is 68.8 Å². The summed E-state index contributed by atoms with van der Waals surface area (Å²) in [5.41, 5.74) is 3.85. The average Bonchev–Trinajstić information content (AvgIpc) is 3.38. The van der Waals surface area contributed by atoms with Gasteiger partial charge in [-0.3, -0.25) is 29.4 Å². The molecule has 0 bridgehead atoms. The van der Waals surface area contributed by atoms with Gasteiger partial charge < -0.3 is 9.88 Å². The van der Waals surface area contributed by atoms with Crippen LogP contribution in [0, 0.1) is 17.0 Å². The number of benzene rings is 3. The highest BCUT2D eigenvalue weighted by atomic mass is 35.5. The maximum atomic E-state index is 13.1. The van der Waals surface area contributed by atoms with Crippen molar-refractivity contribution in [1.82, 2.24) is 9.47 Å². The van der Waals surface area contributed by atoms with Crippen LogP contribution in [-0.2, 0) is 16.1 Å². The number of anilines is 1. The molecule has 9 nitrogen and oxygen atoms in total. The third kappa shape index (κ3) is 5.57. The number of aromatic nitrogens is 1. The summed E-state index contributed by atoms with van der Waals surface area (Å²) in [5, 5.41) is 14.5. The largest absolute Gasteiger partial charge is 0.342 e. The minimum Gasteiger partial charge on any atom is -0.342 e. The molecule has 39 heavy (non-hydrogen) atoms. The first-order valence-electron chi connectivity index (χ1n) is 11.8. The highest BCUT2D eigenvalue weighted by Crippen LogP contribution is 2.34. The van der Waals surface area contributed by atoms with E-state index in [1.54, 1.807) is 36.4 Å². The number of imide groups is 1. The van der Waals surface area contributed by atoms with Crippen LogP contribution in [0.5, 0.6) is 0 Å². The molecule has 0 atom stereocenters. The van der Waals surface area contributed by atoms with E-state index in [2.05, 4.69) is 5.32 Å². The van der Waals surface area contributed by atoms with Crippen LogP contribution < -0.4 is 5.32 Å². The lowest BCUT2D eigenvalue weighted by atomic mass is 10.1. The van der Waals surface area contributed by atoms with Crippen molar-refractivity contribution in [2.75, 3.05) is 11.9 Å². The second-order valence-corrected chi connectivity index (χ2v) is 10.3. The predicted octanol–water partition coefficient (Wildman–Crippen LogP) is 6.23. The number of para-hydroxylation sites is 1. The number of amides is 3. The van der Waals surface area contributed by atoms with Gasteiger partial charge in [0, 0.05) is 52.1 Å². The van der Waals surface area contributed by atoms with Gasteiger partial charge in [0.05, 0.1) is 9.83 Å². The summed E-state index contributed by atoms with van der Waals surface area (Å²) >= 11 is 6.89. The molecule has 0 radical (unpaired) electrons. The summed E-state index contributed by atoms with van der Waals surface area (Å²) in [7, 11) is 0. The molecule has 3 amide bonds. The molecule has 2 heterocycles. The van der Waals surface area contributed by atoms with Crippen molar-refractivity contribution in [2.24, 2.45) is 0 Å². The number of hydrogen-bond donors (Lipinski definition) is 1. The molecule has 0 unspecified atom stereocenters. The first-order valence-corrected chi connectivity index (χ1v) is 13.0. The Bertz CT molecular complexity index is 1680. The van der Waals surface area contributed by atoms with Crippen molar-refractivity contribution in [3.05, 3.63) is 110 Å². The lowest BCUT2D eigenvalue weighted by Crippen LogP contribution is -2.36. The van der Waals surface area contributed by atoms with Crippen LogP contribution in [0.3, 0.4) is 0 Å². The molecule has 1 aliphatic rings. The second-order valence-electron chi connectivity index (χ2n) is 8.93. The number of aryl methyl sites for hydroxylation is 1. The van der Waals surface area contributed by atoms with E-state index in [1.165, 1.54) is 12.1 Å². The Kier molecular flexibility index (Phi) is 7.23. The number of nitrogens with one attached hydrogen (secondary N) is 1. The number of carbonyl (C=O) groups is 3. The van der Waals surface area contributed by atoms with Gasteiger partial charge in [0.15, 0.2) is 0 Å². The van der Waals surface area contributed by atoms with E-state index < -0.39 is 28.5 Å². The smallest absolute Gasteiger partial charge is 0.294 e. The molecular formula is C28H21ClN4O5S. The first kappa shape index (κ1) is 26.2. The van der Waals surface area contributed by atoms with Crippen LogP contribution in [0.2, 0.25) is 5.02 Å². The van der Waals surface area contributed by atoms with E-state index in [1.807, 2.05) is 42.0 Å². The van der Waals surface area contributed by atoms with Gasteiger partial charge in [-0.15, -0.1) is 0 Å². The van der Waals surface area contributed by atoms with Crippen LogP contribution in [0.15, 0.2) is 77.8 Å². The number of fused-ring (bicyclic) bond motifs is 1. The van der Waals surface area contributed by atoms with Gasteiger partial charge in [-0.05, 0) is 54.1 Å². The first-order chi connectivity index (χ1) is 18.7. The summed E-state index contributed by atoms with van der Waals surface area (Å²) in [6, 6.07) is 19.0. The van der Waals surface area contributed by atoms with E-state index in [0.29, 0.717) is 17.3 Å². The third-order valence-electron chi connectivity index (χ3n) is 6.24. The predicted molar refractivity (Wildman–Crippen MR) is 152 cm³/mol. The molecule has 5 rings (SSSR count). The minimum atomic E-state index is -0.547.